The number of amides is 1. The van der Waals surface area contributed by atoms with Gasteiger partial charge in [0.15, 0.2) is 0 Å². The highest BCUT2D eigenvalue weighted by atomic mass is 32.2. The molecule has 1 aromatic carbocycles. The molecule has 0 N–H and O–H groups in total. The van der Waals surface area contributed by atoms with Crippen molar-refractivity contribution in [1.29, 1.82) is 0 Å². The van der Waals surface area contributed by atoms with Crippen LogP contribution in [0.5, 0.6) is 0 Å². The summed E-state index contributed by atoms with van der Waals surface area (Å²) in [4.78, 5) is 14.0. The van der Waals surface area contributed by atoms with Crippen LogP contribution in [0.25, 0.3) is 0 Å². The quantitative estimate of drug-likeness (QED) is 0.781. The Hall–Kier alpha value is -1.17. The second-order valence-electron chi connectivity index (χ2n) is 3.92. The van der Waals surface area contributed by atoms with Gasteiger partial charge >= 0.3 is 6.18 Å². The number of carbonyl (C=O) groups is 1. The molecular formula is C12H12F3NOS. The van der Waals surface area contributed by atoms with Crippen LogP contribution >= 0.6 is 11.8 Å². The highest BCUT2D eigenvalue weighted by Crippen LogP contribution is 2.39. The number of rotatable bonds is 1. The molecule has 0 radical (unpaired) electrons. The van der Waals surface area contributed by atoms with Gasteiger partial charge in [0, 0.05) is 23.6 Å². The van der Waals surface area contributed by atoms with Gasteiger partial charge in [-0.05, 0) is 25.1 Å². The van der Waals surface area contributed by atoms with E-state index in [2.05, 4.69) is 0 Å². The van der Waals surface area contributed by atoms with Crippen LogP contribution in [0.1, 0.15) is 18.9 Å². The molecule has 18 heavy (non-hydrogen) atoms. The Morgan fingerprint density at radius 1 is 1.39 bits per heavy atom. The molecule has 1 aliphatic rings. The van der Waals surface area contributed by atoms with Crippen molar-refractivity contribution in [1.82, 2.24) is 0 Å². The molecule has 0 aromatic heterocycles. The van der Waals surface area contributed by atoms with Crippen LogP contribution in [0.3, 0.4) is 0 Å². The molecule has 1 amide bonds. The van der Waals surface area contributed by atoms with Crippen molar-refractivity contribution in [3.05, 3.63) is 23.8 Å². The van der Waals surface area contributed by atoms with Crippen LogP contribution < -0.4 is 4.90 Å². The van der Waals surface area contributed by atoms with Gasteiger partial charge in [-0.25, -0.2) is 0 Å². The zero-order valence-electron chi connectivity index (χ0n) is 9.75. The lowest BCUT2D eigenvalue weighted by atomic mass is 10.1. The van der Waals surface area contributed by atoms with E-state index in [4.69, 9.17) is 0 Å². The van der Waals surface area contributed by atoms with Crippen molar-refractivity contribution in [2.45, 2.75) is 24.4 Å². The van der Waals surface area contributed by atoms with Gasteiger partial charge in [-0.15, -0.1) is 11.8 Å². The van der Waals surface area contributed by atoms with Crippen LogP contribution in [-0.4, -0.2) is 18.2 Å². The summed E-state index contributed by atoms with van der Waals surface area (Å²) < 4.78 is 38.0. The van der Waals surface area contributed by atoms with Crippen molar-refractivity contribution in [3.63, 3.8) is 0 Å². The Kier molecular flexibility index (Phi) is 3.56. The van der Waals surface area contributed by atoms with Crippen molar-refractivity contribution in [2.24, 2.45) is 0 Å². The normalized spacial score (nSPS) is 16.4. The standard InChI is InChI=1S/C12H12F3NOS/c1-2-16-9-7-8(12(13,14)15)3-4-10(9)18-6-5-11(16)17/h3-4,7H,2,5-6H2,1H3. The topological polar surface area (TPSA) is 20.3 Å². The molecule has 0 spiro atoms. The number of fused-ring (bicyclic) bond motifs is 1. The summed E-state index contributed by atoms with van der Waals surface area (Å²) in [5, 5.41) is 0. The zero-order valence-corrected chi connectivity index (χ0v) is 10.6. The van der Waals surface area contributed by atoms with Gasteiger partial charge in [-0.2, -0.15) is 13.2 Å². The van der Waals surface area contributed by atoms with Gasteiger partial charge < -0.3 is 4.90 Å². The minimum atomic E-state index is -4.38. The predicted octanol–water partition coefficient (Wildman–Crippen LogP) is 3.55. The van der Waals surface area contributed by atoms with Crippen molar-refractivity contribution >= 4 is 23.4 Å². The van der Waals surface area contributed by atoms with Gasteiger partial charge in [0.1, 0.15) is 0 Å². The Morgan fingerprint density at radius 2 is 2.11 bits per heavy atom. The molecule has 0 fully saturated rings. The number of nitrogens with zero attached hydrogens (tertiary/aromatic N) is 1. The first-order valence-corrected chi connectivity index (χ1v) is 6.56. The van der Waals surface area contributed by atoms with Gasteiger partial charge in [0.05, 0.1) is 11.3 Å². The van der Waals surface area contributed by atoms with Crippen LogP contribution in [0, 0.1) is 0 Å². The zero-order chi connectivity index (χ0) is 13.3. The summed E-state index contributed by atoms with van der Waals surface area (Å²) in [5.41, 5.74) is -0.338. The molecule has 0 unspecified atom stereocenters. The first-order valence-electron chi connectivity index (χ1n) is 5.58. The molecule has 2 nitrogen and oxygen atoms in total. The second-order valence-corrected chi connectivity index (χ2v) is 5.05. The summed E-state index contributed by atoms with van der Waals surface area (Å²) >= 11 is 1.42. The highest BCUT2D eigenvalue weighted by Gasteiger charge is 2.32. The molecular weight excluding hydrogens is 263 g/mol. The number of benzene rings is 1. The summed E-state index contributed by atoms with van der Waals surface area (Å²) in [5.74, 6) is 0.483. The number of carbonyl (C=O) groups excluding carboxylic acids is 1. The van der Waals surface area contributed by atoms with E-state index in [-0.39, 0.29) is 5.91 Å². The Balaban J connectivity index is 2.51. The minimum Gasteiger partial charge on any atom is -0.312 e. The maximum absolute atomic E-state index is 12.7. The van der Waals surface area contributed by atoms with Crippen molar-refractivity contribution in [2.75, 3.05) is 17.2 Å². The average Bonchev–Trinajstić information content (AvgIpc) is 2.45. The number of halogens is 3. The van der Waals surface area contributed by atoms with E-state index in [0.717, 1.165) is 17.0 Å². The molecule has 0 aliphatic carbocycles. The van der Waals surface area contributed by atoms with Crippen molar-refractivity contribution < 1.29 is 18.0 Å². The smallest absolute Gasteiger partial charge is 0.312 e. The molecule has 0 saturated heterocycles. The van der Waals surface area contributed by atoms with Crippen LogP contribution in [0.2, 0.25) is 0 Å². The van der Waals surface area contributed by atoms with Gasteiger partial charge in [0.25, 0.3) is 0 Å². The number of hydrogen-bond donors (Lipinski definition) is 0. The Morgan fingerprint density at radius 3 is 2.72 bits per heavy atom. The lowest BCUT2D eigenvalue weighted by Gasteiger charge is -2.22. The lowest BCUT2D eigenvalue weighted by Crippen LogP contribution is -2.30. The fourth-order valence-electron chi connectivity index (χ4n) is 1.89. The van der Waals surface area contributed by atoms with Gasteiger partial charge in [-0.3, -0.25) is 4.79 Å². The first-order chi connectivity index (χ1) is 8.43. The number of thioether (sulfide) groups is 1. The fraction of sp³-hybridized carbons (Fsp3) is 0.417. The molecule has 2 rings (SSSR count). The summed E-state index contributed by atoms with van der Waals surface area (Å²) in [6.07, 6.45) is -4.02. The lowest BCUT2D eigenvalue weighted by molar-refractivity contribution is -0.137. The Labute approximate surface area is 107 Å². The third kappa shape index (κ3) is 2.48. The Bertz CT molecular complexity index is 473. The van der Waals surface area contributed by atoms with E-state index < -0.39 is 11.7 Å². The number of anilines is 1. The first kappa shape index (κ1) is 13.3. The van der Waals surface area contributed by atoms with Crippen LogP contribution in [-0.2, 0) is 11.0 Å². The average molecular weight is 275 g/mol. The third-order valence-corrected chi connectivity index (χ3v) is 3.83. The molecule has 0 atom stereocenters. The molecule has 98 valence electrons. The number of alkyl halides is 3. The second kappa shape index (κ2) is 4.84. The molecule has 0 bridgehead atoms. The fourth-order valence-corrected chi connectivity index (χ4v) is 2.87. The van der Waals surface area contributed by atoms with E-state index in [1.54, 1.807) is 6.92 Å². The SMILES string of the molecule is CCN1C(=O)CCSc2ccc(C(F)(F)F)cc21. The van der Waals surface area contributed by atoms with Crippen molar-refractivity contribution in [3.8, 4) is 0 Å². The van der Waals surface area contributed by atoms with E-state index in [0.29, 0.717) is 24.4 Å². The third-order valence-electron chi connectivity index (χ3n) is 2.77. The molecule has 1 heterocycles. The summed E-state index contributed by atoms with van der Waals surface area (Å²) in [6, 6.07) is 3.58. The predicted molar refractivity (Wildman–Crippen MR) is 64.8 cm³/mol. The van der Waals surface area contributed by atoms with Gasteiger partial charge in [0.2, 0.25) is 5.91 Å². The van der Waals surface area contributed by atoms with Crippen LogP contribution in [0.15, 0.2) is 23.1 Å². The molecule has 1 aliphatic heterocycles. The monoisotopic (exact) mass is 275 g/mol. The summed E-state index contributed by atoms with van der Waals surface area (Å²) in [7, 11) is 0. The molecule has 6 heteroatoms. The molecule has 0 saturated carbocycles. The molecule has 1 aromatic rings. The number of hydrogen-bond acceptors (Lipinski definition) is 2. The maximum Gasteiger partial charge on any atom is 0.416 e. The summed E-state index contributed by atoms with van der Waals surface area (Å²) in [6.45, 7) is 2.14. The van der Waals surface area contributed by atoms with E-state index in [9.17, 15) is 18.0 Å². The van der Waals surface area contributed by atoms with Gasteiger partial charge in [-0.1, -0.05) is 0 Å². The minimum absolute atomic E-state index is 0.122. The van der Waals surface area contributed by atoms with Crippen LogP contribution in [0.4, 0.5) is 18.9 Å². The largest absolute Gasteiger partial charge is 0.416 e. The van der Waals surface area contributed by atoms with E-state index >= 15 is 0 Å². The van der Waals surface area contributed by atoms with E-state index in [1.807, 2.05) is 0 Å². The maximum atomic E-state index is 12.7. The highest BCUT2D eigenvalue weighted by molar-refractivity contribution is 7.99. The van der Waals surface area contributed by atoms with E-state index in [1.165, 1.54) is 22.7 Å².